The molecule has 100 valence electrons. The summed E-state index contributed by atoms with van der Waals surface area (Å²) in [7, 11) is 0. The van der Waals surface area contributed by atoms with Gasteiger partial charge in [-0.15, -0.1) is 0 Å². The molecule has 0 saturated carbocycles. The van der Waals surface area contributed by atoms with Crippen LogP contribution in [0.3, 0.4) is 0 Å². The zero-order chi connectivity index (χ0) is 12.8. The molecule has 1 amide bonds. The number of aromatic nitrogens is 3. The molecule has 0 bridgehead atoms. The third-order valence-corrected chi connectivity index (χ3v) is 3.46. The molecule has 2 N–H and O–H groups in total. The van der Waals surface area contributed by atoms with Crippen LogP contribution in [0.4, 0.5) is 0 Å². The molecule has 1 aromatic rings. The minimum atomic E-state index is -0.156. The summed E-state index contributed by atoms with van der Waals surface area (Å²) in [5.41, 5.74) is 0.349. The lowest BCUT2D eigenvalue weighted by Gasteiger charge is -2.30. The number of hydrogen-bond acceptors (Lipinski definition) is 4. The minimum absolute atomic E-state index is 0.156. The van der Waals surface area contributed by atoms with Crippen LogP contribution in [0, 0.1) is 5.92 Å². The van der Waals surface area contributed by atoms with E-state index in [1.165, 1.54) is 32.1 Å². The number of carbonyl (C=O) groups excluding carboxylic acids is 1. The Hall–Kier alpha value is -1.43. The molecule has 6 nitrogen and oxygen atoms in total. The fraction of sp³-hybridized carbons (Fsp3) is 0.750. The topological polar surface area (TPSA) is 73.9 Å². The van der Waals surface area contributed by atoms with Crippen LogP contribution in [0.15, 0.2) is 6.20 Å². The van der Waals surface area contributed by atoms with E-state index < -0.39 is 0 Å². The first-order valence-electron chi connectivity index (χ1n) is 6.62. The normalized spacial score (nSPS) is 17.8. The Labute approximate surface area is 107 Å². The van der Waals surface area contributed by atoms with E-state index in [-0.39, 0.29) is 5.91 Å². The zero-order valence-corrected chi connectivity index (χ0v) is 10.9. The number of rotatable bonds is 5. The Morgan fingerprint density at radius 2 is 2.33 bits per heavy atom. The van der Waals surface area contributed by atoms with Gasteiger partial charge in [0.15, 0.2) is 5.69 Å². The van der Waals surface area contributed by atoms with Crippen LogP contribution in [-0.2, 0) is 0 Å². The van der Waals surface area contributed by atoms with E-state index in [0.29, 0.717) is 12.2 Å². The van der Waals surface area contributed by atoms with Crippen molar-refractivity contribution < 1.29 is 4.79 Å². The lowest BCUT2D eigenvalue weighted by atomic mass is 9.99. The molecular weight excluding hydrogens is 230 g/mol. The molecule has 0 aliphatic carbocycles. The molecule has 0 unspecified atom stereocenters. The molecule has 2 heterocycles. The van der Waals surface area contributed by atoms with E-state index >= 15 is 0 Å². The molecule has 1 saturated heterocycles. The van der Waals surface area contributed by atoms with Crippen molar-refractivity contribution >= 4 is 5.91 Å². The SMILES string of the molecule is CC1CCN(CCCNC(=O)c2cn[nH]n2)CC1. The summed E-state index contributed by atoms with van der Waals surface area (Å²) in [5, 5.41) is 12.6. The van der Waals surface area contributed by atoms with Crippen molar-refractivity contribution in [2.24, 2.45) is 5.92 Å². The summed E-state index contributed by atoms with van der Waals surface area (Å²) < 4.78 is 0. The molecule has 18 heavy (non-hydrogen) atoms. The smallest absolute Gasteiger partial charge is 0.273 e. The van der Waals surface area contributed by atoms with Crippen molar-refractivity contribution in [2.45, 2.75) is 26.2 Å². The highest BCUT2D eigenvalue weighted by Crippen LogP contribution is 2.15. The zero-order valence-electron chi connectivity index (χ0n) is 10.9. The van der Waals surface area contributed by atoms with E-state index in [0.717, 1.165) is 18.9 Å². The Morgan fingerprint density at radius 3 is 3.00 bits per heavy atom. The predicted molar refractivity (Wildman–Crippen MR) is 68.2 cm³/mol. The third-order valence-electron chi connectivity index (χ3n) is 3.46. The van der Waals surface area contributed by atoms with Crippen LogP contribution >= 0.6 is 0 Å². The van der Waals surface area contributed by atoms with Crippen LogP contribution in [-0.4, -0.2) is 52.4 Å². The molecule has 0 radical (unpaired) electrons. The van der Waals surface area contributed by atoms with E-state index in [1.54, 1.807) is 0 Å². The van der Waals surface area contributed by atoms with Gasteiger partial charge in [-0.05, 0) is 44.8 Å². The molecule has 2 rings (SSSR count). The average Bonchev–Trinajstić information content (AvgIpc) is 2.90. The maximum Gasteiger partial charge on any atom is 0.273 e. The van der Waals surface area contributed by atoms with Crippen LogP contribution in [0.25, 0.3) is 0 Å². The summed E-state index contributed by atoms with van der Waals surface area (Å²) in [5.74, 6) is 0.712. The second-order valence-corrected chi connectivity index (χ2v) is 4.99. The first-order valence-corrected chi connectivity index (χ1v) is 6.62. The number of hydrogen-bond donors (Lipinski definition) is 2. The molecule has 1 aliphatic heterocycles. The average molecular weight is 251 g/mol. The fourth-order valence-electron chi connectivity index (χ4n) is 2.19. The van der Waals surface area contributed by atoms with E-state index in [9.17, 15) is 4.79 Å². The summed E-state index contributed by atoms with van der Waals surface area (Å²) in [6.07, 6.45) is 5.01. The number of piperidine rings is 1. The fourth-order valence-corrected chi connectivity index (χ4v) is 2.19. The van der Waals surface area contributed by atoms with Crippen LogP contribution in [0.2, 0.25) is 0 Å². The quantitative estimate of drug-likeness (QED) is 0.754. The lowest BCUT2D eigenvalue weighted by Crippen LogP contribution is -2.35. The van der Waals surface area contributed by atoms with Gasteiger partial charge in [0, 0.05) is 6.54 Å². The molecule has 6 heteroatoms. The van der Waals surface area contributed by atoms with Crippen molar-refractivity contribution in [2.75, 3.05) is 26.2 Å². The van der Waals surface area contributed by atoms with Gasteiger partial charge in [-0.3, -0.25) is 4.79 Å². The molecule has 0 aromatic carbocycles. The lowest BCUT2D eigenvalue weighted by molar-refractivity contribution is 0.0945. The van der Waals surface area contributed by atoms with Crippen molar-refractivity contribution in [1.82, 2.24) is 25.6 Å². The first-order chi connectivity index (χ1) is 8.75. The highest BCUT2D eigenvalue weighted by molar-refractivity contribution is 5.91. The third kappa shape index (κ3) is 3.80. The van der Waals surface area contributed by atoms with Gasteiger partial charge >= 0.3 is 0 Å². The number of aromatic amines is 1. The van der Waals surface area contributed by atoms with Gasteiger partial charge < -0.3 is 10.2 Å². The summed E-state index contributed by atoms with van der Waals surface area (Å²) in [6, 6.07) is 0. The highest BCUT2D eigenvalue weighted by Gasteiger charge is 2.15. The van der Waals surface area contributed by atoms with Gasteiger partial charge in [0.1, 0.15) is 0 Å². The first kappa shape index (κ1) is 13.0. The number of likely N-dealkylation sites (tertiary alicyclic amines) is 1. The van der Waals surface area contributed by atoms with Gasteiger partial charge in [0.2, 0.25) is 0 Å². The molecule has 0 atom stereocenters. The van der Waals surface area contributed by atoms with E-state index in [1.807, 2.05) is 0 Å². The van der Waals surface area contributed by atoms with Crippen LogP contribution in [0.5, 0.6) is 0 Å². The van der Waals surface area contributed by atoms with Crippen molar-refractivity contribution in [3.63, 3.8) is 0 Å². The van der Waals surface area contributed by atoms with E-state index in [2.05, 4.69) is 32.6 Å². The largest absolute Gasteiger partial charge is 0.351 e. The van der Waals surface area contributed by atoms with Crippen LogP contribution in [0.1, 0.15) is 36.7 Å². The van der Waals surface area contributed by atoms with Gasteiger partial charge in [0.05, 0.1) is 6.20 Å². The Balaban J connectivity index is 1.57. The summed E-state index contributed by atoms with van der Waals surface area (Å²) in [6.45, 7) is 6.45. The number of H-pyrrole nitrogens is 1. The number of nitrogens with zero attached hydrogens (tertiary/aromatic N) is 3. The highest BCUT2D eigenvalue weighted by atomic mass is 16.1. The Kier molecular flexibility index (Phi) is 4.69. The summed E-state index contributed by atoms with van der Waals surface area (Å²) in [4.78, 5) is 14.0. The van der Waals surface area contributed by atoms with Crippen LogP contribution < -0.4 is 5.32 Å². The summed E-state index contributed by atoms with van der Waals surface area (Å²) >= 11 is 0. The van der Waals surface area contributed by atoms with E-state index in [4.69, 9.17) is 0 Å². The Morgan fingerprint density at radius 1 is 1.56 bits per heavy atom. The van der Waals surface area contributed by atoms with Gasteiger partial charge in [0.25, 0.3) is 5.91 Å². The monoisotopic (exact) mass is 251 g/mol. The second-order valence-electron chi connectivity index (χ2n) is 4.99. The molecule has 1 fully saturated rings. The Bertz CT molecular complexity index is 357. The van der Waals surface area contributed by atoms with Gasteiger partial charge in [-0.2, -0.15) is 15.4 Å². The van der Waals surface area contributed by atoms with Crippen molar-refractivity contribution in [3.05, 3.63) is 11.9 Å². The van der Waals surface area contributed by atoms with Gasteiger partial charge in [-0.25, -0.2) is 0 Å². The predicted octanol–water partition coefficient (Wildman–Crippen LogP) is 0.656. The molecule has 1 aromatic heterocycles. The molecule has 1 aliphatic rings. The van der Waals surface area contributed by atoms with Gasteiger partial charge in [-0.1, -0.05) is 6.92 Å². The van der Waals surface area contributed by atoms with Crippen molar-refractivity contribution in [3.8, 4) is 0 Å². The second kappa shape index (κ2) is 6.49. The van der Waals surface area contributed by atoms with Crippen molar-refractivity contribution in [1.29, 1.82) is 0 Å². The molecule has 0 spiro atoms. The number of nitrogens with one attached hydrogen (secondary N) is 2. The number of carbonyl (C=O) groups is 1. The maximum atomic E-state index is 11.6. The maximum absolute atomic E-state index is 11.6. The number of amides is 1. The molecular formula is C12H21N5O. The standard InChI is InChI=1S/C12H21N5O/c1-10-3-7-17(8-4-10)6-2-5-13-12(18)11-9-14-16-15-11/h9-10H,2-8H2,1H3,(H,13,18)(H,14,15,16). The minimum Gasteiger partial charge on any atom is -0.351 e.